The van der Waals surface area contributed by atoms with Gasteiger partial charge in [0.25, 0.3) is 0 Å². The van der Waals surface area contributed by atoms with E-state index >= 15 is 0 Å². The van der Waals surface area contributed by atoms with Crippen molar-refractivity contribution in [2.45, 2.75) is 0 Å². The maximum atomic E-state index is 2.00. The van der Waals surface area contributed by atoms with E-state index in [4.69, 9.17) is 0 Å². The summed E-state index contributed by atoms with van der Waals surface area (Å²) in [6, 6.07) is 0. The van der Waals surface area contributed by atoms with E-state index in [-0.39, 0.29) is 0 Å². The summed E-state index contributed by atoms with van der Waals surface area (Å²) in [7, 11) is 4.00. The van der Waals surface area contributed by atoms with Crippen molar-refractivity contribution >= 4 is 14.6 Å². The Balaban J connectivity index is 0.0000001000. The highest BCUT2D eigenvalue weighted by atomic mass is 13.6. The van der Waals surface area contributed by atoms with Gasteiger partial charge in [0, 0.05) is 0 Å². The van der Waals surface area contributed by atoms with Gasteiger partial charge in [-0.15, -0.1) is 23.9 Å². The van der Waals surface area contributed by atoms with E-state index in [0.717, 1.165) is 0 Å². The molecule has 0 bridgehead atoms. The quantitative estimate of drug-likeness (QED) is 0.431. The lowest BCUT2D eigenvalue weighted by atomic mass is 9.83. The largest absolute Gasteiger partial charge is 0.171 e. The lowest BCUT2D eigenvalue weighted by Crippen LogP contribution is -1.63. The maximum absolute atomic E-state index is 2.00. The SMILES string of the molecule is [B]1C=CC=C1.[B]1C=CC=C1. The molecule has 0 aromatic rings. The molecule has 0 atom stereocenters. The van der Waals surface area contributed by atoms with E-state index < -0.39 is 0 Å². The minimum absolute atomic E-state index is 2.00. The van der Waals surface area contributed by atoms with Crippen LogP contribution in [0.2, 0.25) is 0 Å². The van der Waals surface area contributed by atoms with Gasteiger partial charge in [-0.2, -0.15) is 0 Å². The van der Waals surface area contributed by atoms with Crippen LogP contribution < -0.4 is 0 Å². The summed E-state index contributed by atoms with van der Waals surface area (Å²) in [6.07, 6.45) is 8.00. The fourth-order valence-electron chi connectivity index (χ4n) is 0.642. The fourth-order valence-corrected chi connectivity index (χ4v) is 0.642. The van der Waals surface area contributed by atoms with E-state index in [0.29, 0.717) is 0 Å². The van der Waals surface area contributed by atoms with E-state index in [1.165, 1.54) is 0 Å². The molecule has 2 heteroatoms. The van der Waals surface area contributed by atoms with Gasteiger partial charge >= 0.3 is 0 Å². The average Bonchev–Trinajstić information content (AvgIpc) is 2.67. The Hall–Kier alpha value is -0.910. The van der Waals surface area contributed by atoms with Crippen LogP contribution in [0.15, 0.2) is 48.2 Å². The van der Waals surface area contributed by atoms with Crippen LogP contribution in [-0.4, -0.2) is 14.6 Å². The Bertz CT molecular complexity index is 145. The lowest BCUT2D eigenvalue weighted by Gasteiger charge is -1.51. The van der Waals surface area contributed by atoms with Gasteiger partial charge < -0.3 is 0 Å². The van der Waals surface area contributed by atoms with Crippen molar-refractivity contribution in [3.63, 3.8) is 0 Å². The Morgan fingerprint density at radius 3 is 0.900 bits per heavy atom. The molecule has 0 aromatic heterocycles. The van der Waals surface area contributed by atoms with Crippen LogP contribution in [0.5, 0.6) is 0 Å². The first kappa shape index (κ1) is 7.20. The molecule has 0 saturated heterocycles. The molecule has 46 valence electrons. The monoisotopic (exact) mass is 126 g/mol. The summed E-state index contributed by atoms with van der Waals surface area (Å²) >= 11 is 0. The van der Waals surface area contributed by atoms with Crippen LogP contribution in [-0.2, 0) is 0 Å². The third-order valence-electron chi connectivity index (χ3n) is 1.11. The molecule has 0 spiro atoms. The zero-order valence-electron chi connectivity index (χ0n) is 5.77. The highest BCUT2D eigenvalue weighted by Gasteiger charge is 1.76. The zero-order chi connectivity index (χ0) is 7.07. The second-order valence-electron chi connectivity index (χ2n) is 1.92. The molecule has 2 aliphatic heterocycles. The van der Waals surface area contributed by atoms with Gasteiger partial charge in [-0.25, -0.2) is 0 Å². The molecule has 0 N–H and O–H groups in total. The zero-order valence-corrected chi connectivity index (χ0v) is 5.77. The molecule has 0 amide bonds. The van der Waals surface area contributed by atoms with Crippen LogP contribution in [0.4, 0.5) is 0 Å². The highest BCUT2D eigenvalue weighted by Crippen LogP contribution is 1.83. The molecule has 0 fully saturated rings. The van der Waals surface area contributed by atoms with E-state index in [1.807, 2.05) is 62.8 Å². The third kappa shape index (κ3) is 3.18. The Kier molecular flexibility index (Phi) is 3.54. The topological polar surface area (TPSA) is 0 Å². The molecule has 2 radical (unpaired) electrons. The van der Waals surface area contributed by atoms with Gasteiger partial charge in [-0.3, -0.25) is 0 Å². The normalized spacial score (nSPS) is 16.0. The Labute approximate surface area is 63.5 Å². The molecule has 2 rings (SSSR count). The summed E-state index contributed by atoms with van der Waals surface area (Å²) in [5.74, 6) is 8.00. The van der Waals surface area contributed by atoms with Gasteiger partial charge in [-0.1, -0.05) is 24.3 Å². The molecular formula is C8H8B2. The summed E-state index contributed by atoms with van der Waals surface area (Å²) in [5.41, 5.74) is 0. The molecule has 0 saturated carbocycles. The van der Waals surface area contributed by atoms with Crippen molar-refractivity contribution in [1.29, 1.82) is 0 Å². The number of allylic oxidation sites excluding steroid dienone is 4. The summed E-state index contributed by atoms with van der Waals surface area (Å²) in [5, 5.41) is 0. The molecule has 2 heterocycles. The Morgan fingerprint density at radius 1 is 0.500 bits per heavy atom. The van der Waals surface area contributed by atoms with Crippen LogP contribution in [0.1, 0.15) is 0 Å². The fraction of sp³-hybridized carbons (Fsp3) is 0. The van der Waals surface area contributed by atoms with Crippen LogP contribution in [0.25, 0.3) is 0 Å². The predicted octanol–water partition coefficient (Wildman–Crippen LogP) is 1.46. The minimum Gasteiger partial charge on any atom is -0.117 e. The molecule has 0 aliphatic carbocycles. The summed E-state index contributed by atoms with van der Waals surface area (Å²) in [6.45, 7) is 0. The standard InChI is InChI=1S/2C4H4B/c2*1-2-4-5-3-1/h2*1-4H. The second-order valence-corrected chi connectivity index (χ2v) is 1.92. The van der Waals surface area contributed by atoms with Crippen molar-refractivity contribution in [3.05, 3.63) is 48.2 Å². The predicted molar refractivity (Wildman–Crippen MR) is 48.1 cm³/mol. The van der Waals surface area contributed by atoms with Crippen molar-refractivity contribution in [2.24, 2.45) is 0 Å². The maximum Gasteiger partial charge on any atom is 0.171 e. The van der Waals surface area contributed by atoms with Gasteiger partial charge in [0.1, 0.15) is 0 Å². The van der Waals surface area contributed by atoms with Gasteiger partial charge in [0.05, 0.1) is 0 Å². The van der Waals surface area contributed by atoms with E-state index in [2.05, 4.69) is 0 Å². The number of hydrogen-bond acceptors (Lipinski definition) is 0. The molecule has 2 aliphatic rings. The van der Waals surface area contributed by atoms with E-state index in [1.54, 1.807) is 0 Å². The van der Waals surface area contributed by atoms with Crippen LogP contribution >= 0.6 is 0 Å². The van der Waals surface area contributed by atoms with Crippen LogP contribution in [0.3, 0.4) is 0 Å². The molecule has 10 heavy (non-hydrogen) atoms. The number of hydrogen-bond donors (Lipinski definition) is 0. The first-order valence-corrected chi connectivity index (χ1v) is 3.33. The minimum atomic E-state index is 2.00. The lowest BCUT2D eigenvalue weighted by molar-refractivity contribution is 2.15. The van der Waals surface area contributed by atoms with Crippen LogP contribution in [0, 0.1) is 0 Å². The number of rotatable bonds is 0. The van der Waals surface area contributed by atoms with Gasteiger partial charge in [-0.05, 0) is 0 Å². The van der Waals surface area contributed by atoms with Gasteiger partial charge in [0.15, 0.2) is 14.6 Å². The average molecular weight is 126 g/mol. The summed E-state index contributed by atoms with van der Waals surface area (Å²) < 4.78 is 0. The molecule has 0 nitrogen and oxygen atoms in total. The smallest absolute Gasteiger partial charge is 0.117 e. The van der Waals surface area contributed by atoms with Crippen molar-refractivity contribution in [2.75, 3.05) is 0 Å². The van der Waals surface area contributed by atoms with Crippen molar-refractivity contribution in [1.82, 2.24) is 0 Å². The third-order valence-corrected chi connectivity index (χ3v) is 1.11. The molecule has 0 unspecified atom stereocenters. The van der Waals surface area contributed by atoms with E-state index in [9.17, 15) is 0 Å². The molecular weight excluding hydrogens is 118 g/mol. The first-order valence-electron chi connectivity index (χ1n) is 3.33. The second kappa shape index (κ2) is 4.92. The highest BCUT2D eigenvalue weighted by molar-refractivity contribution is 6.49. The van der Waals surface area contributed by atoms with Crippen molar-refractivity contribution in [3.8, 4) is 0 Å². The molecule has 0 aromatic carbocycles. The Morgan fingerprint density at radius 2 is 0.800 bits per heavy atom. The van der Waals surface area contributed by atoms with Crippen molar-refractivity contribution < 1.29 is 0 Å². The van der Waals surface area contributed by atoms with Gasteiger partial charge in [0.2, 0.25) is 0 Å². The first-order chi connectivity index (χ1) is 5.00. The summed E-state index contributed by atoms with van der Waals surface area (Å²) in [4.78, 5) is 0.